The van der Waals surface area contributed by atoms with Gasteiger partial charge in [0.15, 0.2) is 0 Å². The smallest absolute Gasteiger partial charge is 0.120 e. The molecule has 0 unspecified atom stereocenters. The lowest BCUT2D eigenvalue weighted by molar-refractivity contribution is 0.146. The monoisotopic (exact) mass is 328 g/mol. The molecule has 0 N–H and O–H groups in total. The fraction of sp³-hybridized carbons (Fsp3) is 0.429. The van der Waals surface area contributed by atoms with Crippen LogP contribution in [0.1, 0.15) is 23.1 Å². The molecule has 0 saturated heterocycles. The highest BCUT2D eigenvalue weighted by Crippen LogP contribution is 2.31. The van der Waals surface area contributed by atoms with Gasteiger partial charge in [-0.2, -0.15) is 0 Å². The number of benzene rings is 2. The molecule has 0 fully saturated rings. The molecule has 0 aliphatic heterocycles. The van der Waals surface area contributed by atoms with Gasteiger partial charge in [-0.05, 0) is 66.6 Å². The van der Waals surface area contributed by atoms with E-state index in [9.17, 15) is 0 Å². The maximum atomic E-state index is 5.77. The van der Waals surface area contributed by atoms with Crippen LogP contribution in [0.3, 0.4) is 0 Å². The molecule has 130 valence electrons. The van der Waals surface area contributed by atoms with Crippen molar-refractivity contribution in [3.63, 3.8) is 0 Å². The second kappa shape index (κ2) is 9.45. The molecule has 2 aromatic rings. The van der Waals surface area contributed by atoms with Crippen molar-refractivity contribution in [2.24, 2.45) is 0 Å². The van der Waals surface area contributed by atoms with Crippen molar-refractivity contribution in [2.45, 2.75) is 26.7 Å². The van der Waals surface area contributed by atoms with E-state index in [1.165, 1.54) is 27.8 Å². The van der Waals surface area contributed by atoms with Crippen LogP contribution in [0.25, 0.3) is 11.1 Å². The van der Waals surface area contributed by atoms with Gasteiger partial charge < -0.3 is 14.2 Å². The molecule has 2 aromatic carbocycles. The molecule has 0 saturated carbocycles. The van der Waals surface area contributed by atoms with Crippen LogP contribution in [0, 0.1) is 13.8 Å². The minimum Gasteiger partial charge on any atom is -0.491 e. The van der Waals surface area contributed by atoms with Gasteiger partial charge in [0.2, 0.25) is 0 Å². The zero-order valence-electron chi connectivity index (χ0n) is 15.2. The van der Waals surface area contributed by atoms with Crippen molar-refractivity contribution in [2.75, 3.05) is 34.0 Å². The fourth-order valence-corrected chi connectivity index (χ4v) is 2.76. The zero-order chi connectivity index (χ0) is 17.4. The van der Waals surface area contributed by atoms with Crippen molar-refractivity contribution in [1.82, 2.24) is 0 Å². The van der Waals surface area contributed by atoms with Crippen LogP contribution < -0.4 is 4.74 Å². The Balaban J connectivity index is 2.25. The Morgan fingerprint density at radius 1 is 0.750 bits per heavy atom. The molecule has 0 radical (unpaired) electrons. The van der Waals surface area contributed by atoms with Crippen LogP contribution in [-0.4, -0.2) is 34.0 Å². The Labute approximate surface area is 145 Å². The maximum Gasteiger partial charge on any atom is 0.120 e. The largest absolute Gasteiger partial charge is 0.491 e. The van der Waals surface area contributed by atoms with E-state index in [-0.39, 0.29) is 0 Å². The van der Waals surface area contributed by atoms with E-state index >= 15 is 0 Å². The van der Waals surface area contributed by atoms with Crippen molar-refractivity contribution in [3.05, 3.63) is 53.1 Å². The van der Waals surface area contributed by atoms with Crippen LogP contribution in [0.4, 0.5) is 0 Å². The van der Waals surface area contributed by atoms with E-state index < -0.39 is 0 Å². The predicted molar refractivity (Wildman–Crippen MR) is 98.9 cm³/mol. The summed E-state index contributed by atoms with van der Waals surface area (Å²) in [6.45, 7) is 6.26. The van der Waals surface area contributed by atoms with E-state index in [0.29, 0.717) is 13.2 Å². The number of hydrogen-bond acceptors (Lipinski definition) is 3. The van der Waals surface area contributed by atoms with Gasteiger partial charge in [0, 0.05) is 20.8 Å². The van der Waals surface area contributed by atoms with Crippen molar-refractivity contribution in [3.8, 4) is 16.9 Å². The number of aryl methyl sites for hydroxylation is 3. The van der Waals surface area contributed by atoms with Crippen molar-refractivity contribution >= 4 is 0 Å². The lowest BCUT2D eigenvalue weighted by atomic mass is 9.93. The Hall–Kier alpha value is -1.84. The predicted octanol–water partition coefficient (Wildman–Crippen LogP) is 4.57. The van der Waals surface area contributed by atoms with Gasteiger partial charge >= 0.3 is 0 Å². The number of methoxy groups -OCH3 is 2. The molecule has 3 heteroatoms. The molecule has 24 heavy (non-hydrogen) atoms. The topological polar surface area (TPSA) is 27.7 Å². The van der Waals surface area contributed by atoms with Gasteiger partial charge in [-0.25, -0.2) is 0 Å². The third kappa shape index (κ3) is 5.08. The van der Waals surface area contributed by atoms with E-state index in [0.717, 1.165) is 25.2 Å². The molecule has 0 aliphatic rings. The van der Waals surface area contributed by atoms with Gasteiger partial charge in [-0.15, -0.1) is 0 Å². The second-order valence-electron chi connectivity index (χ2n) is 6.06. The SMILES string of the molecule is COCCCc1ccc(C)c(-c2cc(OCCOC)ccc2C)c1. The summed E-state index contributed by atoms with van der Waals surface area (Å²) >= 11 is 0. The molecule has 0 aromatic heterocycles. The third-order valence-electron chi connectivity index (χ3n) is 4.17. The lowest BCUT2D eigenvalue weighted by Gasteiger charge is -2.14. The highest BCUT2D eigenvalue weighted by atomic mass is 16.5. The molecule has 2 rings (SSSR count). The van der Waals surface area contributed by atoms with E-state index in [1.54, 1.807) is 14.2 Å². The number of hydrogen-bond donors (Lipinski definition) is 0. The summed E-state index contributed by atoms with van der Waals surface area (Å²) in [6, 6.07) is 13.0. The molecular formula is C21H28O3. The Bertz CT molecular complexity index is 592. The summed E-state index contributed by atoms with van der Waals surface area (Å²) in [4.78, 5) is 0. The van der Waals surface area contributed by atoms with Gasteiger partial charge in [-0.1, -0.05) is 24.3 Å². The summed E-state index contributed by atoms with van der Waals surface area (Å²) in [5.74, 6) is 0.886. The van der Waals surface area contributed by atoms with Gasteiger partial charge in [-0.3, -0.25) is 0 Å². The average molecular weight is 328 g/mol. The Morgan fingerprint density at radius 2 is 1.42 bits per heavy atom. The first-order chi connectivity index (χ1) is 11.7. The normalized spacial score (nSPS) is 10.8. The standard InChI is InChI=1S/C21H28O3/c1-16-7-9-18(6-5-11-22-3)14-20(16)21-15-19(10-8-17(21)2)24-13-12-23-4/h7-10,14-15H,5-6,11-13H2,1-4H3. The van der Waals surface area contributed by atoms with Crippen molar-refractivity contribution in [1.29, 1.82) is 0 Å². The van der Waals surface area contributed by atoms with Gasteiger partial charge in [0.1, 0.15) is 12.4 Å². The molecule has 0 amide bonds. The van der Waals surface area contributed by atoms with Crippen LogP contribution >= 0.6 is 0 Å². The minimum absolute atomic E-state index is 0.565. The summed E-state index contributed by atoms with van der Waals surface area (Å²) in [7, 11) is 3.43. The zero-order valence-corrected chi connectivity index (χ0v) is 15.2. The Kier molecular flexibility index (Phi) is 7.29. The van der Waals surface area contributed by atoms with Gasteiger partial charge in [0.25, 0.3) is 0 Å². The Morgan fingerprint density at radius 3 is 2.12 bits per heavy atom. The highest BCUT2D eigenvalue weighted by molar-refractivity contribution is 5.72. The number of rotatable bonds is 9. The molecule has 0 spiro atoms. The quantitative estimate of drug-likeness (QED) is 0.631. The lowest BCUT2D eigenvalue weighted by Crippen LogP contribution is -2.04. The molecule has 0 heterocycles. The van der Waals surface area contributed by atoms with Crippen LogP contribution in [0.15, 0.2) is 36.4 Å². The third-order valence-corrected chi connectivity index (χ3v) is 4.17. The van der Waals surface area contributed by atoms with E-state index in [4.69, 9.17) is 14.2 Å². The van der Waals surface area contributed by atoms with E-state index in [1.807, 2.05) is 6.07 Å². The number of ether oxygens (including phenoxy) is 3. The van der Waals surface area contributed by atoms with Crippen LogP contribution in [0.2, 0.25) is 0 Å². The molecule has 0 aliphatic carbocycles. The first-order valence-corrected chi connectivity index (χ1v) is 8.47. The second-order valence-corrected chi connectivity index (χ2v) is 6.06. The summed E-state index contributed by atoms with van der Waals surface area (Å²) in [6.07, 6.45) is 2.07. The maximum absolute atomic E-state index is 5.77. The van der Waals surface area contributed by atoms with Crippen LogP contribution in [0.5, 0.6) is 5.75 Å². The molecule has 0 bridgehead atoms. The minimum atomic E-state index is 0.565. The average Bonchev–Trinajstić information content (AvgIpc) is 2.58. The van der Waals surface area contributed by atoms with E-state index in [2.05, 4.69) is 44.2 Å². The molecule has 0 atom stereocenters. The first kappa shape index (κ1) is 18.5. The summed E-state index contributed by atoms with van der Waals surface area (Å²) < 4.78 is 16.0. The van der Waals surface area contributed by atoms with Crippen molar-refractivity contribution < 1.29 is 14.2 Å². The molecule has 3 nitrogen and oxygen atoms in total. The summed E-state index contributed by atoms with van der Waals surface area (Å²) in [5, 5.41) is 0. The summed E-state index contributed by atoms with van der Waals surface area (Å²) in [5.41, 5.74) is 6.39. The fourth-order valence-electron chi connectivity index (χ4n) is 2.76. The first-order valence-electron chi connectivity index (χ1n) is 8.47. The molecular weight excluding hydrogens is 300 g/mol. The highest BCUT2D eigenvalue weighted by Gasteiger charge is 2.08. The van der Waals surface area contributed by atoms with Crippen LogP contribution in [-0.2, 0) is 15.9 Å². The van der Waals surface area contributed by atoms with Gasteiger partial charge in [0.05, 0.1) is 6.61 Å².